The first-order valence-corrected chi connectivity index (χ1v) is 10.9. The van der Waals surface area contributed by atoms with Gasteiger partial charge in [0.2, 0.25) is 5.91 Å². The number of rotatable bonds is 7. The molecule has 2 aliphatic rings. The number of hydrogen-bond donors (Lipinski definition) is 2. The second kappa shape index (κ2) is 9.45. The zero-order valence-electron chi connectivity index (χ0n) is 16.4. The zero-order valence-corrected chi connectivity index (χ0v) is 17.2. The molecule has 1 fully saturated rings. The van der Waals surface area contributed by atoms with Crippen LogP contribution in [0.5, 0.6) is 0 Å². The van der Waals surface area contributed by atoms with Crippen LogP contribution in [0.4, 0.5) is 5.69 Å². The van der Waals surface area contributed by atoms with Gasteiger partial charge in [0.15, 0.2) is 6.10 Å². The van der Waals surface area contributed by atoms with Gasteiger partial charge in [-0.15, -0.1) is 11.8 Å². The van der Waals surface area contributed by atoms with Gasteiger partial charge in [0.05, 0.1) is 17.4 Å². The number of benzene rings is 1. The molecular weight excluding hydrogens is 376 g/mol. The van der Waals surface area contributed by atoms with Gasteiger partial charge < -0.3 is 15.4 Å². The van der Waals surface area contributed by atoms with Crippen LogP contribution in [0.3, 0.4) is 0 Å². The van der Waals surface area contributed by atoms with E-state index in [1.807, 2.05) is 38.1 Å². The third-order valence-corrected chi connectivity index (χ3v) is 6.29. The predicted octanol–water partition coefficient (Wildman–Crippen LogP) is 3.51. The Balaban J connectivity index is 1.58. The first-order valence-electron chi connectivity index (χ1n) is 9.98. The summed E-state index contributed by atoms with van der Waals surface area (Å²) < 4.78 is 5.53. The second-order valence-corrected chi connectivity index (χ2v) is 9.14. The summed E-state index contributed by atoms with van der Waals surface area (Å²) in [7, 11) is 0. The zero-order chi connectivity index (χ0) is 20.1. The lowest BCUT2D eigenvalue weighted by Gasteiger charge is -2.25. The normalized spacial score (nSPS) is 20.4. The number of carbonyl (C=O) groups excluding carboxylic acids is 3. The molecule has 1 aliphatic heterocycles. The van der Waals surface area contributed by atoms with Crippen LogP contribution in [-0.2, 0) is 19.1 Å². The monoisotopic (exact) mass is 404 g/mol. The molecule has 2 N–H and O–H groups in total. The third-order valence-electron chi connectivity index (χ3n) is 5.01. The minimum atomic E-state index is -0.808. The van der Waals surface area contributed by atoms with Gasteiger partial charge in [-0.1, -0.05) is 38.8 Å². The number of hydrogen-bond acceptors (Lipinski definition) is 5. The van der Waals surface area contributed by atoms with Crippen molar-refractivity contribution in [3.63, 3.8) is 0 Å². The summed E-state index contributed by atoms with van der Waals surface area (Å²) >= 11 is 1.36. The molecule has 6 nitrogen and oxygen atoms in total. The lowest BCUT2D eigenvalue weighted by Crippen LogP contribution is -2.43. The smallest absolute Gasteiger partial charge is 0.308 e. The molecule has 0 spiro atoms. The van der Waals surface area contributed by atoms with Crippen LogP contribution in [0.25, 0.3) is 0 Å². The first kappa shape index (κ1) is 20.7. The number of fused-ring (bicyclic) bond motifs is 1. The van der Waals surface area contributed by atoms with Crippen LogP contribution in [0.15, 0.2) is 29.2 Å². The summed E-state index contributed by atoms with van der Waals surface area (Å²) in [5.41, 5.74) is 0.760. The van der Waals surface area contributed by atoms with Crippen molar-refractivity contribution in [1.82, 2.24) is 5.32 Å². The number of carbonyl (C=O) groups is 3. The van der Waals surface area contributed by atoms with Crippen molar-refractivity contribution in [2.45, 2.75) is 74.7 Å². The van der Waals surface area contributed by atoms with Crippen molar-refractivity contribution in [3.05, 3.63) is 24.3 Å². The number of thioether (sulfide) groups is 1. The summed E-state index contributed by atoms with van der Waals surface area (Å²) in [5, 5.41) is 5.28. The van der Waals surface area contributed by atoms with Crippen molar-refractivity contribution < 1.29 is 19.1 Å². The minimum Gasteiger partial charge on any atom is -0.452 e. The quantitative estimate of drug-likeness (QED) is 0.680. The van der Waals surface area contributed by atoms with E-state index in [0.29, 0.717) is 6.42 Å². The molecule has 2 atom stereocenters. The van der Waals surface area contributed by atoms with E-state index in [-0.39, 0.29) is 30.2 Å². The van der Waals surface area contributed by atoms with Crippen molar-refractivity contribution >= 4 is 35.2 Å². The van der Waals surface area contributed by atoms with Gasteiger partial charge in [-0.2, -0.15) is 0 Å². The minimum absolute atomic E-state index is 0.0594. The van der Waals surface area contributed by atoms with Gasteiger partial charge >= 0.3 is 5.97 Å². The molecule has 0 aromatic heterocycles. The van der Waals surface area contributed by atoms with E-state index in [1.54, 1.807) is 0 Å². The van der Waals surface area contributed by atoms with E-state index in [9.17, 15) is 14.4 Å². The van der Waals surface area contributed by atoms with E-state index >= 15 is 0 Å². The van der Waals surface area contributed by atoms with Gasteiger partial charge in [-0.05, 0) is 37.3 Å². The maximum absolute atomic E-state index is 12.6. The van der Waals surface area contributed by atoms with Crippen molar-refractivity contribution in [2.24, 2.45) is 5.92 Å². The van der Waals surface area contributed by atoms with Crippen LogP contribution in [-0.4, -0.2) is 35.2 Å². The van der Waals surface area contributed by atoms with Crippen molar-refractivity contribution in [3.8, 4) is 0 Å². The highest BCUT2D eigenvalue weighted by atomic mass is 32.2. The van der Waals surface area contributed by atoms with Crippen molar-refractivity contribution in [1.29, 1.82) is 0 Å². The number of esters is 1. The number of para-hydroxylation sites is 1. The maximum atomic E-state index is 12.6. The molecule has 1 heterocycles. The number of anilines is 1. The van der Waals surface area contributed by atoms with Crippen LogP contribution < -0.4 is 10.6 Å². The van der Waals surface area contributed by atoms with Gasteiger partial charge in [0.25, 0.3) is 5.91 Å². The summed E-state index contributed by atoms with van der Waals surface area (Å²) in [5.74, 6) is -0.734. The lowest BCUT2D eigenvalue weighted by molar-refractivity contribution is -0.157. The Morgan fingerprint density at radius 1 is 1.25 bits per heavy atom. The molecule has 1 aromatic carbocycles. The molecule has 0 radical (unpaired) electrons. The second-order valence-electron chi connectivity index (χ2n) is 7.89. The molecule has 3 rings (SSSR count). The maximum Gasteiger partial charge on any atom is 0.308 e. The Hall–Kier alpha value is -2.02. The summed E-state index contributed by atoms with van der Waals surface area (Å²) in [4.78, 5) is 38.4. The highest BCUT2D eigenvalue weighted by Gasteiger charge is 2.32. The van der Waals surface area contributed by atoms with E-state index < -0.39 is 17.3 Å². The molecule has 0 unspecified atom stereocenters. The van der Waals surface area contributed by atoms with Gasteiger partial charge in [-0.3, -0.25) is 14.4 Å². The van der Waals surface area contributed by atoms with Crippen LogP contribution in [0, 0.1) is 5.92 Å². The number of ether oxygens (including phenoxy) is 1. The molecule has 0 saturated heterocycles. The van der Waals surface area contributed by atoms with E-state index in [4.69, 9.17) is 4.74 Å². The van der Waals surface area contributed by atoms with Crippen molar-refractivity contribution in [2.75, 3.05) is 5.32 Å². The Morgan fingerprint density at radius 2 is 1.96 bits per heavy atom. The largest absolute Gasteiger partial charge is 0.452 e. The van der Waals surface area contributed by atoms with E-state index in [0.717, 1.165) is 36.3 Å². The Labute approximate surface area is 170 Å². The first-order chi connectivity index (χ1) is 13.4. The Kier molecular flexibility index (Phi) is 6.99. The number of nitrogens with one attached hydrogen (secondary N) is 2. The molecule has 1 aromatic rings. The highest BCUT2D eigenvalue weighted by Crippen LogP contribution is 2.36. The fourth-order valence-corrected chi connectivity index (χ4v) is 4.68. The molecule has 152 valence electrons. The molecular formula is C21H28N2O4S. The molecule has 7 heteroatoms. The fraction of sp³-hybridized carbons (Fsp3) is 0.571. The summed E-state index contributed by atoms with van der Waals surface area (Å²) in [6.07, 6.45) is 3.80. The van der Waals surface area contributed by atoms with E-state index in [2.05, 4.69) is 10.6 Å². The molecule has 1 aliphatic carbocycles. The topological polar surface area (TPSA) is 84.5 Å². The standard InChI is InChI=1S/C21H28N2O4S/c1-13(2)11-16(20(25)22-14-7-3-4-8-14)27-19(24)12-18-21(26)23-15-9-5-6-10-17(15)28-18/h5-6,9-10,13-14,16,18H,3-4,7-8,11-12H2,1-2H3,(H,22,25)(H,23,26)/t16-,18+/m1/s1. The molecule has 0 bridgehead atoms. The fourth-order valence-electron chi connectivity index (χ4n) is 3.59. The predicted molar refractivity (Wildman–Crippen MR) is 109 cm³/mol. The van der Waals surface area contributed by atoms with Crippen LogP contribution >= 0.6 is 11.8 Å². The van der Waals surface area contributed by atoms with Gasteiger partial charge in [0.1, 0.15) is 0 Å². The average Bonchev–Trinajstić information content (AvgIpc) is 3.14. The highest BCUT2D eigenvalue weighted by molar-refractivity contribution is 8.01. The summed E-state index contributed by atoms with van der Waals surface area (Å²) in [6.45, 7) is 3.98. The molecule has 2 amide bonds. The third kappa shape index (κ3) is 5.50. The van der Waals surface area contributed by atoms with Crippen LogP contribution in [0.1, 0.15) is 52.4 Å². The average molecular weight is 405 g/mol. The SMILES string of the molecule is CC(C)C[C@@H](OC(=O)C[C@@H]1Sc2ccccc2NC1=O)C(=O)NC1CCCC1. The Morgan fingerprint density at radius 3 is 2.68 bits per heavy atom. The molecule has 1 saturated carbocycles. The molecule has 28 heavy (non-hydrogen) atoms. The Bertz CT molecular complexity index is 731. The van der Waals surface area contributed by atoms with Gasteiger partial charge in [-0.25, -0.2) is 0 Å². The summed E-state index contributed by atoms with van der Waals surface area (Å²) in [6, 6.07) is 7.67. The van der Waals surface area contributed by atoms with Gasteiger partial charge in [0, 0.05) is 10.9 Å². The van der Waals surface area contributed by atoms with E-state index in [1.165, 1.54) is 11.8 Å². The lowest BCUT2D eigenvalue weighted by atomic mass is 10.0. The van der Waals surface area contributed by atoms with Crippen LogP contribution in [0.2, 0.25) is 0 Å². The number of amides is 2.